The summed E-state index contributed by atoms with van der Waals surface area (Å²) in [5.74, 6) is -6.09. The fourth-order valence-corrected chi connectivity index (χ4v) is 5.86. The van der Waals surface area contributed by atoms with E-state index in [1.165, 1.54) is 62.4 Å². The van der Waals surface area contributed by atoms with Crippen LogP contribution in [0.15, 0.2) is 70.0 Å². The van der Waals surface area contributed by atoms with E-state index in [2.05, 4.69) is 21.2 Å². The number of nitrogens with one attached hydrogen (secondary N) is 1. The second-order valence-corrected chi connectivity index (χ2v) is 13.1. The van der Waals surface area contributed by atoms with E-state index in [4.69, 9.17) is 5.73 Å². The van der Waals surface area contributed by atoms with Crippen molar-refractivity contribution in [2.24, 2.45) is 17.6 Å². The number of sulfone groups is 1. The monoisotopic (exact) mass is 671 g/mol. The van der Waals surface area contributed by atoms with Crippen molar-refractivity contribution < 1.29 is 35.2 Å². The molecule has 3 aromatic carbocycles. The highest BCUT2D eigenvalue weighted by molar-refractivity contribution is 9.10. The van der Waals surface area contributed by atoms with Crippen molar-refractivity contribution in [1.82, 2.24) is 5.32 Å². The summed E-state index contributed by atoms with van der Waals surface area (Å²) in [7, 11) is -3.44. The Kier molecular flexibility index (Phi) is 9.86. The van der Waals surface area contributed by atoms with Crippen molar-refractivity contribution in [3.8, 4) is 17.2 Å². The minimum Gasteiger partial charge on any atom is -0.368 e. The lowest BCUT2D eigenvalue weighted by molar-refractivity contribution is -0.168. The average molecular weight is 673 g/mol. The predicted molar refractivity (Wildman–Crippen MR) is 151 cm³/mol. The number of benzene rings is 3. The molecule has 3 N–H and O–H groups in total. The molecule has 0 saturated carbocycles. The molecule has 3 atom stereocenters. The van der Waals surface area contributed by atoms with Crippen molar-refractivity contribution in [3.05, 3.63) is 87.9 Å². The molecule has 3 rings (SSSR count). The highest BCUT2D eigenvalue weighted by Crippen LogP contribution is 2.40. The summed E-state index contributed by atoms with van der Waals surface area (Å²) < 4.78 is 96.4. The first kappa shape index (κ1) is 33.2. The number of nitrogens with two attached hydrogens (primary N) is 1. The molecule has 6 nitrogen and oxygen atoms in total. The average Bonchev–Trinajstić information content (AvgIpc) is 2.88. The van der Waals surface area contributed by atoms with Crippen LogP contribution in [0.3, 0.4) is 0 Å². The van der Waals surface area contributed by atoms with Crippen molar-refractivity contribution in [1.29, 1.82) is 5.26 Å². The number of nitriles is 1. The van der Waals surface area contributed by atoms with Gasteiger partial charge in [-0.25, -0.2) is 17.2 Å². The molecule has 0 saturated heterocycles. The molecule has 0 aliphatic carbocycles. The zero-order valence-corrected chi connectivity index (χ0v) is 25.0. The van der Waals surface area contributed by atoms with Crippen LogP contribution in [0.2, 0.25) is 0 Å². The third-order valence-corrected chi connectivity index (χ3v) is 8.69. The summed E-state index contributed by atoms with van der Waals surface area (Å²) in [5, 5.41) is 12.3. The Balaban J connectivity index is 2.06. The van der Waals surface area contributed by atoms with Gasteiger partial charge in [0.25, 0.3) is 0 Å². The van der Waals surface area contributed by atoms with Crippen LogP contribution < -0.4 is 11.1 Å². The number of alkyl halides is 3. The molecule has 0 heterocycles. The summed E-state index contributed by atoms with van der Waals surface area (Å²) >= 11 is 2.95. The second kappa shape index (κ2) is 12.5. The number of nitrogens with zero attached hydrogens (tertiary/aromatic N) is 1. The fraction of sp³-hybridized carbons (Fsp3) is 0.310. The van der Waals surface area contributed by atoms with E-state index in [9.17, 15) is 40.4 Å². The lowest BCUT2D eigenvalue weighted by Crippen LogP contribution is -2.66. The summed E-state index contributed by atoms with van der Waals surface area (Å²) in [6, 6.07) is 12.1. The van der Waals surface area contributed by atoms with Crippen molar-refractivity contribution in [2.75, 3.05) is 6.26 Å². The van der Waals surface area contributed by atoms with Gasteiger partial charge in [0.05, 0.1) is 16.9 Å². The smallest absolute Gasteiger partial charge is 0.368 e. The summed E-state index contributed by atoms with van der Waals surface area (Å²) in [6.07, 6.45) is -4.67. The predicted octanol–water partition coefficient (Wildman–Crippen LogP) is 6.25. The van der Waals surface area contributed by atoms with Crippen LogP contribution in [0.4, 0.5) is 22.0 Å². The molecule has 0 aliphatic rings. The maximum atomic E-state index is 14.6. The molecule has 0 radical (unpaired) electrons. The topological polar surface area (TPSA) is 113 Å². The van der Waals surface area contributed by atoms with E-state index in [1.54, 1.807) is 6.07 Å². The normalized spacial score (nSPS) is 15.1. The molecular formula is C29H27BrF5N3O3S. The van der Waals surface area contributed by atoms with Crippen molar-refractivity contribution in [2.45, 2.75) is 42.9 Å². The Morgan fingerprint density at radius 1 is 1.00 bits per heavy atom. The number of amides is 1. The Labute approximate surface area is 248 Å². The van der Waals surface area contributed by atoms with Gasteiger partial charge in [-0.3, -0.25) is 10.1 Å². The zero-order valence-electron chi connectivity index (χ0n) is 22.6. The molecule has 0 aromatic heterocycles. The molecule has 1 unspecified atom stereocenters. The number of primary amides is 1. The van der Waals surface area contributed by atoms with Gasteiger partial charge < -0.3 is 5.73 Å². The van der Waals surface area contributed by atoms with Gasteiger partial charge in [0.1, 0.15) is 23.2 Å². The Morgan fingerprint density at radius 3 is 1.86 bits per heavy atom. The van der Waals surface area contributed by atoms with Crippen LogP contribution in [0, 0.1) is 34.8 Å². The number of rotatable bonds is 10. The van der Waals surface area contributed by atoms with Gasteiger partial charge in [-0.05, 0) is 53.3 Å². The minimum atomic E-state index is -4.98. The minimum absolute atomic E-state index is 0.0739. The third kappa shape index (κ3) is 6.99. The quantitative estimate of drug-likeness (QED) is 0.247. The largest absolute Gasteiger partial charge is 0.407 e. The SMILES string of the molecule is CC(C)C(N[C@@H](c1ccc(-c2ccc(S(C)(=O)=O)cc2)cc1)C(F)(F)F)(C(N)=O)[C@@H](C#N)Cc1c(F)cc(Br)cc1F. The Morgan fingerprint density at radius 2 is 1.48 bits per heavy atom. The van der Waals surface area contributed by atoms with E-state index in [1.807, 2.05) is 0 Å². The van der Waals surface area contributed by atoms with E-state index in [-0.39, 0.29) is 14.9 Å². The first-order valence-electron chi connectivity index (χ1n) is 12.5. The summed E-state index contributed by atoms with van der Waals surface area (Å²) in [6.45, 7) is 2.76. The lowest BCUT2D eigenvalue weighted by atomic mass is 9.71. The molecular weight excluding hydrogens is 645 g/mol. The van der Waals surface area contributed by atoms with Crippen LogP contribution >= 0.6 is 15.9 Å². The molecule has 42 heavy (non-hydrogen) atoms. The van der Waals surface area contributed by atoms with Gasteiger partial charge in [0.2, 0.25) is 5.91 Å². The zero-order chi connectivity index (χ0) is 31.6. The van der Waals surface area contributed by atoms with Crippen LogP contribution in [-0.4, -0.2) is 32.3 Å². The molecule has 0 bridgehead atoms. The van der Waals surface area contributed by atoms with Gasteiger partial charge in [-0.2, -0.15) is 18.4 Å². The molecule has 0 aliphatic heterocycles. The van der Waals surface area contributed by atoms with Crippen LogP contribution in [0.25, 0.3) is 11.1 Å². The Hall–Kier alpha value is -3.34. The molecule has 13 heteroatoms. The van der Waals surface area contributed by atoms with E-state index in [0.717, 1.165) is 18.4 Å². The number of hydrogen-bond acceptors (Lipinski definition) is 5. The Bertz CT molecular complexity index is 1580. The fourth-order valence-electron chi connectivity index (χ4n) is 4.83. The molecule has 0 spiro atoms. The first-order valence-corrected chi connectivity index (χ1v) is 15.2. The maximum absolute atomic E-state index is 14.6. The number of halogens is 6. The highest BCUT2D eigenvalue weighted by Gasteiger charge is 2.54. The first-order chi connectivity index (χ1) is 19.4. The van der Waals surface area contributed by atoms with E-state index >= 15 is 0 Å². The molecule has 224 valence electrons. The molecule has 1 amide bonds. The van der Waals surface area contributed by atoms with Gasteiger partial charge >= 0.3 is 6.18 Å². The van der Waals surface area contributed by atoms with Crippen LogP contribution in [-0.2, 0) is 21.1 Å². The molecule has 0 fully saturated rings. The number of carbonyl (C=O) groups excluding carboxylic acids is 1. The number of carbonyl (C=O) groups is 1. The van der Waals surface area contributed by atoms with Gasteiger partial charge in [0, 0.05) is 16.3 Å². The maximum Gasteiger partial charge on any atom is 0.407 e. The van der Waals surface area contributed by atoms with Crippen molar-refractivity contribution >= 4 is 31.7 Å². The lowest BCUT2D eigenvalue weighted by Gasteiger charge is -2.42. The number of hydrogen-bond donors (Lipinski definition) is 2. The highest BCUT2D eigenvalue weighted by atomic mass is 79.9. The van der Waals surface area contributed by atoms with Crippen LogP contribution in [0.5, 0.6) is 0 Å². The standard InChI is InChI=1S/C29H27BrF5N3O3S/c1-16(2)28(27(37)39,20(15-36)12-23-24(31)13-21(30)14-25(23)32)38-26(29(33,34)35)19-6-4-17(5-7-19)18-8-10-22(11-9-18)42(3,40)41/h4-11,13-14,16,20,26,38H,12H2,1-3H3,(H2,37,39)/t20-,26+,28?/m1/s1. The van der Waals surface area contributed by atoms with Crippen LogP contribution in [0.1, 0.15) is 31.0 Å². The van der Waals surface area contributed by atoms with E-state index in [0.29, 0.717) is 11.1 Å². The second-order valence-electron chi connectivity index (χ2n) is 10.2. The van der Waals surface area contributed by atoms with Gasteiger partial charge in [-0.15, -0.1) is 0 Å². The van der Waals surface area contributed by atoms with E-state index < -0.39 is 69.0 Å². The molecule has 3 aromatic rings. The third-order valence-electron chi connectivity index (χ3n) is 7.11. The van der Waals surface area contributed by atoms with Gasteiger partial charge in [0.15, 0.2) is 9.84 Å². The summed E-state index contributed by atoms with van der Waals surface area (Å²) in [4.78, 5) is 13.0. The van der Waals surface area contributed by atoms with Crippen molar-refractivity contribution in [3.63, 3.8) is 0 Å². The van der Waals surface area contributed by atoms with Gasteiger partial charge in [-0.1, -0.05) is 66.2 Å². The summed E-state index contributed by atoms with van der Waals surface area (Å²) in [5.41, 5.74) is 3.44.